The first-order valence-corrected chi connectivity index (χ1v) is 7.44. The molecule has 4 nitrogen and oxygen atoms in total. The van der Waals surface area contributed by atoms with Crippen molar-refractivity contribution in [2.75, 3.05) is 0 Å². The highest BCUT2D eigenvalue weighted by Gasteiger charge is 2.29. The van der Waals surface area contributed by atoms with Gasteiger partial charge in [-0.15, -0.1) is 0 Å². The molecule has 1 aromatic carbocycles. The Morgan fingerprint density at radius 3 is 2.48 bits per heavy atom. The highest BCUT2D eigenvalue weighted by Crippen LogP contribution is 2.38. The lowest BCUT2D eigenvalue weighted by molar-refractivity contribution is 0.0687. The lowest BCUT2D eigenvalue weighted by atomic mass is 9.81. The van der Waals surface area contributed by atoms with Crippen molar-refractivity contribution in [1.29, 1.82) is 0 Å². The number of benzene rings is 1. The van der Waals surface area contributed by atoms with Crippen LogP contribution in [-0.4, -0.2) is 16.1 Å². The molecule has 0 unspecified atom stereocenters. The van der Waals surface area contributed by atoms with Gasteiger partial charge in [0.2, 0.25) is 5.89 Å². The first-order chi connectivity index (χ1) is 10.1. The van der Waals surface area contributed by atoms with Gasteiger partial charge in [-0.3, -0.25) is 0 Å². The topological polar surface area (TPSA) is 63.3 Å². The Bertz CT molecular complexity index is 625. The summed E-state index contributed by atoms with van der Waals surface area (Å²) in [6, 6.07) is 9.45. The summed E-state index contributed by atoms with van der Waals surface area (Å²) in [5, 5.41) is 9.39. The van der Waals surface area contributed by atoms with E-state index in [0.717, 1.165) is 31.2 Å². The summed E-state index contributed by atoms with van der Waals surface area (Å²) in [6.45, 7) is 2.24. The number of aromatic carboxylic acids is 1. The Labute approximate surface area is 123 Å². The van der Waals surface area contributed by atoms with Crippen LogP contribution in [0.2, 0.25) is 0 Å². The van der Waals surface area contributed by atoms with Crippen LogP contribution >= 0.6 is 0 Å². The van der Waals surface area contributed by atoms with Crippen LogP contribution in [0.4, 0.5) is 0 Å². The number of rotatable bonds is 3. The van der Waals surface area contributed by atoms with Gasteiger partial charge in [0, 0.05) is 11.5 Å². The molecule has 0 radical (unpaired) electrons. The molecule has 1 aliphatic carbocycles. The zero-order valence-corrected chi connectivity index (χ0v) is 12.1. The molecule has 1 N–H and O–H groups in total. The van der Waals surface area contributed by atoms with Crippen molar-refractivity contribution in [3.8, 4) is 11.5 Å². The molecule has 0 aliphatic heterocycles. The third-order valence-corrected chi connectivity index (χ3v) is 4.26. The van der Waals surface area contributed by atoms with Crippen LogP contribution < -0.4 is 0 Å². The fourth-order valence-electron chi connectivity index (χ4n) is 2.99. The van der Waals surface area contributed by atoms with E-state index in [1.165, 1.54) is 0 Å². The van der Waals surface area contributed by atoms with Crippen molar-refractivity contribution in [3.63, 3.8) is 0 Å². The van der Waals surface area contributed by atoms with Crippen molar-refractivity contribution >= 4 is 5.97 Å². The maximum Gasteiger partial charge on any atom is 0.358 e. The van der Waals surface area contributed by atoms with Gasteiger partial charge in [-0.25, -0.2) is 9.78 Å². The summed E-state index contributed by atoms with van der Waals surface area (Å²) in [4.78, 5) is 15.7. The number of carboxylic acid groups (broad SMARTS) is 1. The fourth-order valence-corrected chi connectivity index (χ4v) is 2.99. The largest absolute Gasteiger partial charge is 0.476 e. The number of carboxylic acids is 1. The van der Waals surface area contributed by atoms with Gasteiger partial charge < -0.3 is 9.52 Å². The average Bonchev–Trinajstić information content (AvgIpc) is 2.94. The van der Waals surface area contributed by atoms with E-state index >= 15 is 0 Å². The van der Waals surface area contributed by atoms with E-state index in [9.17, 15) is 9.90 Å². The quantitative estimate of drug-likeness (QED) is 0.911. The van der Waals surface area contributed by atoms with Crippen LogP contribution in [0, 0.1) is 5.92 Å². The minimum absolute atomic E-state index is 0.0772. The molecule has 0 bridgehead atoms. The number of oxazole rings is 1. The molecule has 1 aromatic heterocycles. The van der Waals surface area contributed by atoms with Crippen LogP contribution in [-0.2, 0) is 0 Å². The van der Waals surface area contributed by atoms with E-state index < -0.39 is 5.97 Å². The van der Waals surface area contributed by atoms with E-state index in [4.69, 9.17) is 4.42 Å². The van der Waals surface area contributed by atoms with Crippen molar-refractivity contribution in [2.24, 2.45) is 5.92 Å². The normalized spacial score (nSPS) is 22.1. The second kappa shape index (κ2) is 5.72. The maximum atomic E-state index is 11.5. The van der Waals surface area contributed by atoms with E-state index in [2.05, 4.69) is 11.9 Å². The molecule has 0 saturated heterocycles. The Morgan fingerprint density at radius 2 is 1.86 bits per heavy atom. The molecule has 3 rings (SSSR count). The lowest BCUT2D eigenvalue weighted by Gasteiger charge is -2.24. The smallest absolute Gasteiger partial charge is 0.358 e. The highest BCUT2D eigenvalue weighted by atomic mass is 16.4. The lowest BCUT2D eigenvalue weighted by Crippen LogP contribution is -2.13. The molecule has 4 heteroatoms. The molecule has 1 aliphatic rings. The predicted octanol–water partition coefficient (Wildman–Crippen LogP) is 4.33. The number of carbonyl (C=O) groups is 1. The minimum atomic E-state index is -1.01. The van der Waals surface area contributed by atoms with Crippen molar-refractivity contribution < 1.29 is 14.3 Å². The summed E-state index contributed by atoms with van der Waals surface area (Å²) in [5.74, 6) is 0.840. The monoisotopic (exact) mass is 285 g/mol. The van der Waals surface area contributed by atoms with Gasteiger partial charge >= 0.3 is 5.97 Å². The Hall–Kier alpha value is -2.10. The summed E-state index contributed by atoms with van der Waals surface area (Å²) >= 11 is 0. The summed E-state index contributed by atoms with van der Waals surface area (Å²) < 4.78 is 5.84. The van der Waals surface area contributed by atoms with E-state index in [-0.39, 0.29) is 11.6 Å². The molecular weight excluding hydrogens is 266 g/mol. The average molecular weight is 285 g/mol. The Balaban J connectivity index is 1.96. The zero-order chi connectivity index (χ0) is 14.8. The molecular formula is C17H19NO3. The van der Waals surface area contributed by atoms with Gasteiger partial charge in [-0.1, -0.05) is 38.0 Å². The molecule has 0 spiro atoms. The van der Waals surface area contributed by atoms with Gasteiger partial charge in [0.1, 0.15) is 5.76 Å². The first kappa shape index (κ1) is 13.9. The van der Waals surface area contributed by atoms with Crippen LogP contribution in [0.3, 0.4) is 0 Å². The second-order valence-corrected chi connectivity index (χ2v) is 5.86. The predicted molar refractivity (Wildman–Crippen MR) is 79.3 cm³/mol. The van der Waals surface area contributed by atoms with Gasteiger partial charge in [0.25, 0.3) is 0 Å². The van der Waals surface area contributed by atoms with Gasteiger partial charge in [0.15, 0.2) is 5.69 Å². The first-order valence-electron chi connectivity index (χ1n) is 7.44. The van der Waals surface area contributed by atoms with Gasteiger partial charge in [-0.2, -0.15) is 0 Å². The SMILES string of the molecule is CC1CCC(c2oc(-c3ccccc3)nc2C(=O)O)CC1. The van der Waals surface area contributed by atoms with Crippen LogP contribution in [0.5, 0.6) is 0 Å². The standard InChI is InChI=1S/C17H19NO3/c1-11-7-9-12(10-8-11)15-14(17(19)20)18-16(21-15)13-5-3-2-4-6-13/h2-6,11-12H,7-10H2,1H3,(H,19,20). The highest BCUT2D eigenvalue weighted by molar-refractivity contribution is 5.87. The third-order valence-electron chi connectivity index (χ3n) is 4.26. The van der Waals surface area contributed by atoms with Gasteiger partial charge in [0.05, 0.1) is 0 Å². The summed E-state index contributed by atoms with van der Waals surface area (Å²) in [5.41, 5.74) is 0.892. The molecule has 1 heterocycles. The summed E-state index contributed by atoms with van der Waals surface area (Å²) in [6.07, 6.45) is 4.19. The Kier molecular flexibility index (Phi) is 3.78. The van der Waals surface area contributed by atoms with Crippen molar-refractivity contribution in [2.45, 2.75) is 38.5 Å². The maximum absolute atomic E-state index is 11.5. The van der Waals surface area contributed by atoms with Crippen molar-refractivity contribution in [1.82, 2.24) is 4.98 Å². The van der Waals surface area contributed by atoms with E-state index in [1.807, 2.05) is 30.3 Å². The van der Waals surface area contributed by atoms with Crippen LogP contribution in [0.25, 0.3) is 11.5 Å². The van der Waals surface area contributed by atoms with E-state index in [0.29, 0.717) is 17.6 Å². The zero-order valence-electron chi connectivity index (χ0n) is 12.1. The van der Waals surface area contributed by atoms with Crippen molar-refractivity contribution in [3.05, 3.63) is 41.8 Å². The molecule has 1 fully saturated rings. The number of aromatic nitrogens is 1. The summed E-state index contributed by atoms with van der Waals surface area (Å²) in [7, 11) is 0. The Morgan fingerprint density at radius 1 is 1.19 bits per heavy atom. The fraction of sp³-hybridized carbons (Fsp3) is 0.412. The van der Waals surface area contributed by atoms with Crippen LogP contribution in [0.1, 0.15) is 54.8 Å². The van der Waals surface area contributed by atoms with Crippen LogP contribution in [0.15, 0.2) is 34.7 Å². The molecule has 2 aromatic rings. The molecule has 0 atom stereocenters. The molecule has 0 amide bonds. The number of hydrogen-bond acceptors (Lipinski definition) is 3. The second-order valence-electron chi connectivity index (χ2n) is 5.86. The minimum Gasteiger partial charge on any atom is -0.476 e. The van der Waals surface area contributed by atoms with Gasteiger partial charge in [-0.05, 0) is 30.9 Å². The molecule has 1 saturated carbocycles. The molecule has 21 heavy (non-hydrogen) atoms. The number of hydrogen-bond donors (Lipinski definition) is 1. The molecule has 110 valence electrons. The third kappa shape index (κ3) is 2.84. The van der Waals surface area contributed by atoms with E-state index in [1.54, 1.807) is 0 Å². The number of nitrogens with zero attached hydrogens (tertiary/aromatic N) is 1.